The molecule has 137 valence electrons. The molecule has 0 aliphatic rings. The molecule has 0 saturated heterocycles. The SMILES string of the molecule is [CH]=C=Cc1ccc2ncn(-c3cccc(C(C)[C@@H](C)c4ccccc4)n3)c2c1. The van der Waals surface area contributed by atoms with Gasteiger partial charge in [0.15, 0.2) is 0 Å². The number of fused-ring (bicyclic) bond motifs is 1. The van der Waals surface area contributed by atoms with Crippen LogP contribution in [0.25, 0.3) is 22.9 Å². The van der Waals surface area contributed by atoms with Gasteiger partial charge in [-0.2, -0.15) is 0 Å². The van der Waals surface area contributed by atoms with Gasteiger partial charge in [-0.15, -0.1) is 5.73 Å². The minimum atomic E-state index is 0.294. The molecule has 3 nitrogen and oxygen atoms in total. The molecule has 0 fully saturated rings. The molecule has 0 N–H and O–H groups in total. The zero-order valence-corrected chi connectivity index (χ0v) is 16.1. The molecular formula is C25H22N3. The molecule has 28 heavy (non-hydrogen) atoms. The topological polar surface area (TPSA) is 30.7 Å². The highest BCUT2D eigenvalue weighted by atomic mass is 15.1. The van der Waals surface area contributed by atoms with E-state index in [9.17, 15) is 0 Å². The van der Waals surface area contributed by atoms with Crippen molar-refractivity contribution in [2.75, 3.05) is 0 Å². The van der Waals surface area contributed by atoms with Gasteiger partial charge in [0.05, 0.1) is 11.0 Å². The molecule has 4 rings (SSSR count). The van der Waals surface area contributed by atoms with Gasteiger partial charge in [0.25, 0.3) is 0 Å². The third-order valence-corrected chi connectivity index (χ3v) is 5.37. The number of pyridine rings is 1. The first kappa shape index (κ1) is 18.0. The Kier molecular flexibility index (Phi) is 4.92. The van der Waals surface area contributed by atoms with E-state index >= 15 is 0 Å². The summed E-state index contributed by atoms with van der Waals surface area (Å²) in [7, 11) is 0. The van der Waals surface area contributed by atoms with Crippen LogP contribution < -0.4 is 0 Å². The third-order valence-electron chi connectivity index (χ3n) is 5.37. The maximum Gasteiger partial charge on any atom is 0.138 e. The first-order valence-corrected chi connectivity index (χ1v) is 9.46. The van der Waals surface area contributed by atoms with Crippen molar-refractivity contribution in [2.45, 2.75) is 25.7 Å². The van der Waals surface area contributed by atoms with Crippen LogP contribution in [0.5, 0.6) is 0 Å². The van der Waals surface area contributed by atoms with E-state index < -0.39 is 0 Å². The van der Waals surface area contributed by atoms with Crippen LogP contribution >= 0.6 is 0 Å². The van der Waals surface area contributed by atoms with Gasteiger partial charge in [-0.1, -0.05) is 56.3 Å². The standard InChI is InChI=1S/C25H22N3/c1-4-9-20-14-15-23-24(16-20)28(17-26-23)25-13-8-12-22(27-25)19(3)18(2)21-10-6-5-7-11-21/h1,5-19H,2-3H3/t4?,18-,19?/m1/s1. The smallest absolute Gasteiger partial charge is 0.138 e. The van der Waals surface area contributed by atoms with Crippen LogP contribution in [0, 0.1) is 6.58 Å². The molecule has 2 aromatic carbocycles. The highest BCUT2D eigenvalue weighted by Gasteiger charge is 2.18. The molecule has 1 unspecified atom stereocenters. The van der Waals surface area contributed by atoms with E-state index in [0.29, 0.717) is 11.8 Å². The van der Waals surface area contributed by atoms with Gasteiger partial charge in [-0.3, -0.25) is 4.57 Å². The number of nitrogens with zero attached hydrogens (tertiary/aromatic N) is 3. The van der Waals surface area contributed by atoms with Gasteiger partial charge < -0.3 is 0 Å². The highest BCUT2D eigenvalue weighted by Crippen LogP contribution is 2.31. The van der Waals surface area contributed by atoms with Crippen LogP contribution in [-0.2, 0) is 0 Å². The minimum Gasteiger partial charge on any atom is -0.283 e. The summed E-state index contributed by atoms with van der Waals surface area (Å²) in [5.41, 5.74) is 7.88. The van der Waals surface area contributed by atoms with Crippen LogP contribution in [0.2, 0.25) is 0 Å². The van der Waals surface area contributed by atoms with Gasteiger partial charge >= 0.3 is 0 Å². The Morgan fingerprint density at radius 1 is 0.964 bits per heavy atom. The zero-order valence-electron chi connectivity index (χ0n) is 16.1. The van der Waals surface area contributed by atoms with Crippen molar-refractivity contribution in [3.05, 3.63) is 102 Å². The lowest BCUT2D eigenvalue weighted by Gasteiger charge is -2.20. The Morgan fingerprint density at radius 3 is 2.57 bits per heavy atom. The second-order valence-electron chi connectivity index (χ2n) is 7.08. The van der Waals surface area contributed by atoms with E-state index in [0.717, 1.165) is 28.1 Å². The summed E-state index contributed by atoms with van der Waals surface area (Å²) in [6.45, 7) is 9.90. The fourth-order valence-electron chi connectivity index (χ4n) is 3.52. The van der Waals surface area contributed by atoms with Crippen molar-refractivity contribution in [2.24, 2.45) is 0 Å². The fourth-order valence-corrected chi connectivity index (χ4v) is 3.52. The lowest BCUT2D eigenvalue weighted by molar-refractivity contribution is 0.606. The molecule has 2 heterocycles. The third kappa shape index (κ3) is 3.40. The van der Waals surface area contributed by atoms with Crippen LogP contribution in [0.3, 0.4) is 0 Å². The first-order chi connectivity index (χ1) is 13.7. The van der Waals surface area contributed by atoms with Crippen LogP contribution in [0.15, 0.2) is 78.8 Å². The molecule has 3 heteroatoms. The van der Waals surface area contributed by atoms with E-state index in [1.807, 2.05) is 35.2 Å². The van der Waals surface area contributed by atoms with Crippen molar-refractivity contribution in [1.29, 1.82) is 0 Å². The Hall–Kier alpha value is -3.42. The second-order valence-corrected chi connectivity index (χ2v) is 7.08. The van der Waals surface area contributed by atoms with Crippen LogP contribution in [0.4, 0.5) is 0 Å². The van der Waals surface area contributed by atoms with E-state index in [2.05, 4.69) is 67.0 Å². The average molecular weight is 364 g/mol. The zero-order chi connectivity index (χ0) is 19.5. The molecular weight excluding hydrogens is 342 g/mol. The molecule has 1 radical (unpaired) electrons. The first-order valence-electron chi connectivity index (χ1n) is 9.46. The summed E-state index contributed by atoms with van der Waals surface area (Å²) in [6, 6.07) is 22.8. The summed E-state index contributed by atoms with van der Waals surface area (Å²) >= 11 is 0. The lowest BCUT2D eigenvalue weighted by atomic mass is 9.86. The maximum atomic E-state index is 5.42. The Balaban J connectivity index is 1.72. The van der Waals surface area contributed by atoms with Gasteiger partial charge in [0, 0.05) is 11.6 Å². The predicted molar refractivity (Wildman–Crippen MR) is 114 cm³/mol. The van der Waals surface area contributed by atoms with Crippen molar-refractivity contribution >= 4 is 17.1 Å². The number of aromatic nitrogens is 3. The van der Waals surface area contributed by atoms with Crippen molar-refractivity contribution in [3.63, 3.8) is 0 Å². The minimum absolute atomic E-state index is 0.294. The molecule has 0 saturated carbocycles. The number of benzene rings is 2. The number of rotatable bonds is 5. The van der Waals surface area contributed by atoms with Crippen molar-refractivity contribution in [1.82, 2.24) is 14.5 Å². The van der Waals surface area contributed by atoms with E-state index in [-0.39, 0.29) is 0 Å². The summed E-state index contributed by atoms with van der Waals surface area (Å²) in [4.78, 5) is 9.47. The molecule has 2 aromatic heterocycles. The number of hydrogen-bond donors (Lipinski definition) is 0. The van der Waals surface area contributed by atoms with Gasteiger partial charge in [-0.25, -0.2) is 9.97 Å². The number of imidazole rings is 1. The normalized spacial score (nSPS) is 13.1. The lowest BCUT2D eigenvalue weighted by Crippen LogP contribution is -2.08. The molecule has 4 aromatic rings. The highest BCUT2D eigenvalue weighted by molar-refractivity contribution is 5.79. The Labute approximate surface area is 165 Å². The second kappa shape index (κ2) is 7.67. The Morgan fingerprint density at radius 2 is 1.79 bits per heavy atom. The van der Waals surface area contributed by atoms with E-state index in [1.165, 1.54) is 5.56 Å². The van der Waals surface area contributed by atoms with E-state index in [1.54, 1.807) is 6.08 Å². The predicted octanol–water partition coefficient (Wildman–Crippen LogP) is 5.93. The molecule has 2 atom stereocenters. The number of hydrogen-bond acceptors (Lipinski definition) is 2. The van der Waals surface area contributed by atoms with Crippen molar-refractivity contribution in [3.8, 4) is 5.82 Å². The van der Waals surface area contributed by atoms with Gasteiger partial charge in [-0.05, 0) is 54.0 Å². The van der Waals surface area contributed by atoms with Crippen molar-refractivity contribution < 1.29 is 0 Å². The molecule has 0 spiro atoms. The largest absolute Gasteiger partial charge is 0.283 e. The van der Waals surface area contributed by atoms with E-state index in [4.69, 9.17) is 11.6 Å². The molecule has 0 bridgehead atoms. The van der Waals surface area contributed by atoms with Gasteiger partial charge in [0.1, 0.15) is 12.1 Å². The Bertz CT molecular complexity index is 1150. The summed E-state index contributed by atoms with van der Waals surface area (Å²) in [5, 5.41) is 0. The fraction of sp³-hybridized carbons (Fsp3) is 0.160. The summed E-state index contributed by atoms with van der Waals surface area (Å²) < 4.78 is 2.02. The van der Waals surface area contributed by atoms with Crippen LogP contribution in [-0.4, -0.2) is 14.5 Å². The molecule has 0 aliphatic heterocycles. The van der Waals surface area contributed by atoms with Gasteiger partial charge in [0.2, 0.25) is 0 Å². The quantitative estimate of drug-likeness (QED) is 0.411. The summed E-state index contributed by atoms with van der Waals surface area (Å²) in [5.74, 6) is 1.53. The summed E-state index contributed by atoms with van der Waals surface area (Å²) in [6.07, 6.45) is 3.58. The van der Waals surface area contributed by atoms with Crippen LogP contribution in [0.1, 0.15) is 42.5 Å². The molecule has 0 aliphatic carbocycles. The maximum absolute atomic E-state index is 5.42. The molecule has 0 amide bonds. The monoisotopic (exact) mass is 364 g/mol. The average Bonchev–Trinajstić information content (AvgIpc) is 3.17.